The van der Waals surface area contributed by atoms with Gasteiger partial charge in [0.05, 0.1) is 0 Å². The van der Waals surface area contributed by atoms with Crippen LogP contribution in [-0.4, -0.2) is 37.6 Å². The normalized spacial score (nSPS) is 21.8. The predicted molar refractivity (Wildman–Crippen MR) is 67.2 cm³/mol. The van der Waals surface area contributed by atoms with Crippen molar-refractivity contribution in [3.05, 3.63) is 0 Å². The van der Waals surface area contributed by atoms with Crippen LogP contribution in [0.1, 0.15) is 46.0 Å². The highest BCUT2D eigenvalue weighted by Crippen LogP contribution is 2.09. The van der Waals surface area contributed by atoms with Crippen LogP contribution in [-0.2, 0) is 0 Å². The summed E-state index contributed by atoms with van der Waals surface area (Å²) in [6.45, 7) is 8.38. The van der Waals surface area contributed by atoms with Crippen molar-refractivity contribution < 1.29 is 0 Å². The van der Waals surface area contributed by atoms with E-state index in [0.29, 0.717) is 0 Å². The topological polar surface area (TPSA) is 15.3 Å². The van der Waals surface area contributed by atoms with Crippen LogP contribution in [0.25, 0.3) is 0 Å². The van der Waals surface area contributed by atoms with E-state index in [1.165, 1.54) is 51.7 Å². The SMILES string of the molecule is CC(C)CCCN(C)CCC1CCCN1. The van der Waals surface area contributed by atoms with Gasteiger partial charge in [-0.15, -0.1) is 0 Å². The van der Waals surface area contributed by atoms with Gasteiger partial charge in [0.2, 0.25) is 0 Å². The summed E-state index contributed by atoms with van der Waals surface area (Å²) >= 11 is 0. The summed E-state index contributed by atoms with van der Waals surface area (Å²) in [5, 5.41) is 3.56. The maximum atomic E-state index is 3.56. The Kier molecular flexibility index (Phi) is 6.26. The molecule has 0 spiro atoms. The van der Waals surface area contributed by atoms with E-state index in [1.807, 2.05) is 0 Å². The lowest BCUT2D eigenvalue weighted by molar-refractivity contribution is 0.300. The van der Waals surface area contributed by atoms with Gasteiger partial charge in [-0.25, -0.2) is 0 Å². The van der Waals surface area contributed by atoms with Crippen molar-refractivity contribution in [1.29, 1.82) is 0 Å². The molecule has 2 heteroatoms. The van der Waals surface area contributed by atoms with Crippen molar-refractivity contribution in [3.8, 4) is 0 Å². The van der Waals surface area contributed by atoms with Crippen molar-refractivity contribution in [3.63, 3.8) is 0 Å². The van der Waals surface area contributed by atoms with Gasteiger partial charge in [-0.1, -0.05) is 13.8 Å². The second-order valence-electron chi connectivity index (χ2n) is 5.42. The Bertz CT molecular complexity index is 151. The monoisotopic (exact) mass is 212 g/mol. The molecule has 0 amide bonds. The summed E-state index contributed by atoms with van der Waals surface area (Å²) in [7, 11) is 2.26. The zero-order valence-electron chi connectivity index (χ0n) is 10.8. The van der Waals surface area contributed by atoms with Gasteiger partial charge in [-0.2, -0.15) is 0 Å². The van der Waals surface area contributed by atoms with E-state index in [2.05, 4.69) is 31.1 Å². The molecule has 1 aliphatic rings. The first-order chi connectivity index (χ1) is 7.18. The molecule has 90 valence electrons. The number of hydrogen-bond acceptors (Lipinski definition) is 2. The first-order valence-corrected chi connectivity index (χ1v) is 6.60. The summed E-state index contributed by atoms with van der Waals surface area (Å²) in [4.78, 5) is 2.49. The second-order valence-corrected chi connectivity index (χ2v) is 5.42. The fourth-order valence-electron chi connectivity index (χ4n) is 2.26. The third-order valence-electron chi connectivity index (χ3n) is 3.34. The first kappa shape index (κ1) is 13.0. The van der Waals surface area contributed by atoms with E-state index in [4.69, 9.17) is 0 Å². The van der Waals surface area contributed by atoms with E-state index in [-0.39, 0.29) is 0 Å². The summed E-state index contributed by atoms with van der Waals surface area (Å²) < 4.78 is 0. The number of nitrogens with zero attached hydrogens (tertiary/aromatic N) is 1. The molecule has 0 radical (unpaired) electrons. The minimum Gasteiger partial charge on any atom is -0.314 e. The lowest BCUT2D eigenvalue weighted by Gasteiger charge is -2.19. The Hall–Kier alpha value is -0.0800. The Labute approximate surface area is 95.4 Å². The fourth-order valence-corrected chi connectivity index (χ4v) is 2.26. The lowest BCUT2D eigenvalue weighted by atomic mass is 10.1. The molecule has 1 fully saturated rings. The second kappa shape index (κ2) is 7.24. The highest BCUT2D eigenvalue weighted by Gasteiger charge is 2.13. The lowest BCUT2D eigenvalue weighted by Crippen LogP contribution is -2.29. The van der Waals surface area contributed by atoms with Crippen LogP contribution in [0.3, 0.4) is 0 Å². The summed E-state index contributed by atoms with van der Waals surface area (Å²) in [5.74, 6) is 0.856. The summed E-state index contributed by atoms with van der Waals surface area (Å²) in [6.07, 6.45) is 6.82. The minimum atomic E-state index is 0.803. The van der Waals surface area contributed by atoms with Crippen LogP contribution >= 0.6 is 0 Å². The smallest absolute Gasteiger partial charge is 0.00797 e. The van der Waals surface area contributed by atoms with Crippen LogP contribution in [0.15, 0.2) is 0 Å². The van der Waals surface area contributed by atoms with Gasteiger partial charge >= 0.3 is 0 Å². The average Bonchev–Trinajstić information content (AvgIpc) is 2.66. The van der Waals surface area contributed by atoms with Crippen LogP contribution in [0, 0.1) is 5.92 Å². The highest BCUT2D eigenvalue weighted by molar-refractivity contribution is 4.74. The maximum Gasteiger partial charge on any atom is 0.00797 e. The molecule has 0 saturated carbocycles. The van der Waals surface area contributed by atoms with Crippen molar-refractivity contribution in [2.75, 3.05) is 26.7 Å². The van der Waals surface area contributed by atoms with Gasteiger partial charge in [0.25, 0.3) is 0 Å². The van der Waals surface area contributed by atoms with Crippen LogP contribution in [0.4, 0.5) is 0 Å². The number of rotatable bonds is 7. The van der Waals surface area contributed by atoms with Crippen molar-refractivity contribution in [2.45, 2.75) is 52.0 Å². The van der Waals surface area contributed by atoms with Gasteiger partial charge in [-0.05, 0) is 64.7 Å². The van der Waals surface area contributed by atoms with Crippen LogP contribution in [0.5, 0.6) is 0 Å². The van der Waals surface area contributed by atoms with E-state index in [1.54, 1.807) is 0 Å². The number of hydrogen-bond donors (Lipinski definition) is 1. The van der Waals surface area contributed by atoms with Gasteiger partial charge < -0.3 is 10.2 Å². The molecule has 0 aliphatic carbocycles. The zero-order valence-corrected chi connectivity index (χ0v) is 10.8. The van der Waals surface area contributed by atoms with Crippen LogP contribution < -0.4 is 5.32 Å². The van der Waals surface area contributed by atoms with Gasteiger partial charge in [-0.3, -0.25) is 0 Å². The molecular formula is C13H28N2. The maximum absolute atomic E-state index is 3.56. The Morgan fingerprint density at radius 2 is 2.13 bits per heavy atom. The van der Waals surface area contributed by atoms with Crippen LogP contribution in [0.2, 0.25) is 0 Å². The van der Waals surface area contributed by atoms with E-state index < -0.39 is 0 Å². The standard InChI is InChI=1S/C13H28N2/c1-12(2)6-5-10-15(3)11-8-13-7-4-9-14-13/h12-14H,4-11H2,1-3H3. The minimum absolute atomic E-state index is 0.803. The molecule has 2 nitrogen and oxygen atoms in total. The Balaban J connectivity index is 1.95. The molecule has 1 N–H and O–H groups in total. The molecular weight excluding hydrogens is 184 g/mol. The summed E-state index contributed by atoms with van der Waals surface area (Å²) in [5.41, 5.74) is 0. The molecule has 0 aromatic heterocycles. The molecule has 0 aromatic rings. The van der Waals surface area contributed by atoms with Gasteiger partial charge in [0.1, 0.15) is 0 Å². The average molecular weight is 212 g/mol. The molecule has 1 saturated heterocycles. The van der Waals surface area contributed by atoms with Crippen molar-refractivity contribution in [2.24, 2.45) is 5.92 Å². The molecule has 1 aliphatic heterocycles. The molecule has 0 bridgehead atoms. The molecule has 1 unspecified atom stereocenters. The van der Waals surface area contributed by atoms with E-state index in [9.17, 15) is 0 Å². The fraction of sp³-hybridized carbons (Fsp3) is 1.00. The molecule has 0 aromatic carbocycles. The zero-order chi connectivity index (χ0) is 11.1. The predicted octanol–water partition coefficient (Wildman–Crippen LogP) is 2.50. The summed E-state index contributed by atoms with van der Waals surface area (Å²) in [6, 6.07) is 0.803. The quantitative estimate of drug-likeness (QED) is 0.697. The van der Waals surface area contributed by atoms with Crippen molar-refractivity contribution in [1.82, 2.24) is 10.2 Å². The Morgan fingerprint density at radius 3 is 2.73 bits per heavy atom. The first-order valence-electron chi connectivity index (χ1n) is 6.60. The molecule has 1 heterocycles. The Morgan fingerprint density at radius 1 is 1.33 bits per heavy atom. The molecule has 1 atom stereocenters. The van der Waals surface area contributed by atoms with Gasteiger partial charge in [0, 0.05) is 6.04 Å². The van der Waals surface area contributed by atoms with Gasteiger partial charge in [0.15, 0.2) is 0 Å². The third-order valence-corrected chi connectivity index (χ3v) is 3.34. The highest BCUT2D eigenvalue weighted by atomic mass is 15.1. The van der Waals surface area contributed by atoms with Crippen molar-refractivity contribution >= 4 is 0 Å². The largest absolute Gasteiger partial charge is 0.314 e. The molecule has 1 rings (SSSR count). The third kappa shape index (κ3) is 6.16. The number of nitrogens with one attached hydrogen (secondary N) is 1. The molecule has 15 heavy (non-hydrogen) atoms. The van der Waals surface area contributed by atoms with E-state index >= 15 is 0 Å². The van der Waals surface area contributed by atoms with E-state index in [0.717, 1.165) is 12.0 Å².